The summed E-state index contributed by atoms with van der Waals surface area (Å²) in [5.41, 5.74) is 1.37. The fourth-order valence-corrected chi connectivity index (χ4v) is 3.52. The molecule has 4 heterocycles. The average molecular weight is 383 g/mol. The van der Waals surface area contributed by atoms with Gasteiger partial charge in [-0.1, -0.05) is 0 Å². The molecule has 2 aliphatic heterocycles. The Morgan fingerprint density at radius 3 is 2.82 bits per heavy atom. The van der Waals surface area contributed by atoms with Crippen molar-refractivity contribution in [2.45, 2.75) is 25.4 Å². The van der Waals surface area contributed by atoms with Gasteiger partial charge < -0.3 is 20.6 Å². The van der Waals surface area contributed by atoms with Crippen molar-refractivity contribution in [3.63, 3.8) is 0 Å². The molecule has 0 bridgehead atoms. The van der Waals surface area contributed by atoms with Gasteiger partial charge in [-0.25, -0.2) is 9.78 Å². The average Bonchev–Trinajstić information content (AvgIpc) is 3.11. The number of hydrogen-bond acceptors (Lipinski definition) is 7. The summed E-state index contributed by atoms with van der Waals surface area (Å²) in [7, 11) is 0. The number of amides is 3. The molecule has 10 heteroatoms. The lowest BCUT2D eigenvalue weighted by molar-refractivity contribution is -0.115. The molecule has 3 aliphatic rings. The van der Waals surface area contributed by atoms with Crippen LogP contribution in [0.4, 0.5) is 16.4 Å². The highest BCUT2D eigenvalue weighted by Gasteiger charge is 2.26. The maximum absolute atomic E-state index is 11.9. The minimum Gasteiger partial charge on any atom is -0.391 e. The second kappa shape index (κ2) is 6.48. The van der Waals surface area contributed by atoms with Crippen LogP contribution >= 0.6 is 0 Å². The lowest BCUT2D eigenvalue weighted by Crippen LogP contribution is -2.23. The molecule has 0 aromatic carbocycles. The van der Waals surface area contributed by atoms with Gasteiger partial charge in [0.15, 0.2) is 5.65 Å². The van der Waals surface area contributed by atoms with Gasteiger partial charge >= 0.3 is 6.03 Å². The predicted molar refractivity (Wildman–Crippen MR) is 102 cm³/mol. The molecule has 2 saturated heterocycles. The molecular formula is C18H21N7O3. The monoisotopic (exact) mass is 383 g/mol. The van der Waals surface area contributed by atoms with E-state index < -0.39 is 11.9 Å². The Balaban J connectivity index is 1.55. The Kier molecular flexibility index (Phi) is 3.93. The second-order valence-corrected chi connectivity index (χ2v) is 7.51. The Morgan fingerprint density at radius 1 is 1.29 bits per heavy atom. The molecular weight excluding hydrogens is 362 g/mol. The van der Waals surface area contributed by atoms with Crippen molar-refractivity contribution in [3.05, 3.63) is 23.5 Å². The summed E-state index contributed by atoms with van der Waals surface area (Å²) in [5.74, 6) is 1.78. The first-order valence-electron chi connectivity index (χ1n) is 9.46. The van der Waals surface area contributed by atoms with Gasteiger partial charge in [0.25, 0.3) is 5.91 Å². The van der Waals surface area contributed by atoms with Crippen molar-refractivity contribution < 1.29 is 14.7 Å². The fourth-order valence-electron chi connectivity index (χ4n) is 3.52. The van der Waals surface area contributed by atoms with Crippen molar-refractivity contribution in [2.24, 2.45) is 5.92 Å². The topological polar surface area (TPSA) is 124 Å². The summed E-state index contributed by atoms with van der Waals surface area (Å²) >= 11 is 0. The zero-order valence-electron chi connectivity index (χ0n) is 15.2. The van der Waals surface area contributed by atoms with E-state index in [1.54, 1.807) is 16.8 Å². The van der Waals surface area contributed by atoms with Crippen LogP contribution in [0.5, 0.6) is 0 Å². The first-order valence-corrected chi connectivity index (χ1v) is 9.46. The van der Waals surface area contributed by atoms with Gasteiger partial charge in [-0.05, 0) is 31.3 Å². The fraction of sp³-hybridized carbons (Fsp3) is 0.444. The summed E-state index contributed by atoms with van der Waals surface area (Å²) in [4.78, 5) is 30.0. The van der Waals surface area contributed by atoms with E-state index in [0.717, 1.165) is 24.7 Å². The highest BCUT2D eigenvalue weighted by molar-refractivity contribution is 6.14. The molecule has 3 fully saturated rings. The van der Waals surface area contributed by atoms with Crippen molar-refractivity contribution in [3.8, 4) is 0 Å². The quantitative estimate of drug-likeness (QED) is 0.432. The number of rotatable bonds is 5. The summed E-state index contributed by atoms with van der Waals surface area (Å²) in [5, 5.41) is 22.4. The maximum atomic E-state index is 11.9. The molecule has 146 valence electrons. The molecule has 1 unspecified atom stereocenters. The molecule has 4 N–H and O–H groups in total. The maximum Gasteiger partial charge on any atom is 0.326 e. The first kappa shape index (κ1) is 17.0. The van der Waals surface area contributed by atoms with Crippen LogP contribution in [0.15, 0.2) is 18.0 Å². The molecule has 10 nitrogen and oxygen atoms in total. The number of carbonyl (C=O) groups excluding carboxylic acids is 2. The van der Waals surface area contributed by atoms with Crippen molar-refractivity contribution in [1.29, 1.82) is 0 Å². The second-order valence-electron chi connectivity index (χ2n) is 7.51. The Labute approximate surface area is 160 Å². The van der Waals surface area contributed by atoms with Gasteiger partial charge in [0.05, 0.1) is 12.3 Å². The first-order chi connectivity index (χ1) is 13.6. The molecule has 3 amide bonds. The molecule has 2 aromatic rings. The molecule has 0 radical (unpaired) electrons. The number of nitrogens with one attached hydrogen (secondary N) is 3. The molecule has 2 aromatic heterocycles. The number of hydrogen-bond donors (Lipinski definition) is 4. The van der Waals surface area contributed by atoms with Crippen LogP contribution in [0.3, 0.4) is 0 Å². The minimum absolute atomic E-state index is 0.163. The van der Waals surface area contributed by atoms with Gasteiger partial charge in [-0.2, -0.15) is 9.61 Å². The number of carbonyl (C=O) groups is 2. The molecule has 5 rings (SSSR count). The highest BCUT2D eigenvalue weighted by Crippen LogP contribution is 2.30. The standard InChI is InChI=1S/C18H21N7O3/c26-12-3-4-24(9-12)15-6-14(19-7-10-1-2-10)25-16(22-15)11(8-20-25)5-13-17(27)23-18(28)21-13/h5-6,8,10,12,19,26H,1-4,7,9H2,(H2,21,23,27,28)/b13-5-. The number of anilines is 2. The SMILES string of the molecule is O=C1NC(=O)/C(=C/c2cnn3c(NCC4CC4)cc(N4CCC(O)C4)nc23)N1. The summed E-state index contributed by atoms with van der Waals surface area (Å²) in [6.07, 6.45) is 6.01. The third kappa shape index (κ3) is 3.15. The van der Waals surface area contributed by atoms with E-state index in [9.17, 15) is 14.7 Å². The third-order valence-electron chi connectivity index (χ3n) is 5.26. The number of aromatic nitrogens is 3. The number of aliphatic hydroxyl groups is 1. The van der Waals surface area contributed by atoms with Crippen molar-refractivity contribution in [2.75, 3.05) is 29.9 Å². The van der Waals surface area contributed by atoms with Gasteiger partial charge in [0.1, 0.15) is 17.3 Å². The van der Waals surface area contributed by atoms with Gasteiger partial charge in [-0.3, -0.25) is 10.1 Å². The van der Waals surface area contributed by atoms with E-state index in [4.69, 9.17) is 4.98 Å². The van der Waals surface area contributed by atoms with Crippen LogP contribution in [0.1, 0.15) is 24.8 Å². The summed E-state index contributed by atoms with van der Waals surface area (Å²) < 4.78 is 1.71. The van der Waals surface area contributed by atoms with E-state index in [1.807, 2.05) is 11.0 Å². The summed E-state index contributed by atoms with van der Waals surface area (Å²) in [6, 6.07) is 1.40. The third-order valence-corrected chi connectivity index (χ3v) is 5.26. The highest BCUT2D eigenvalue weighted by atomic mass is 16.3. The van der Waals surface area contributed by atoms with Gasteiger partial charge in [0.2, 0.25) is 0 Å². The number of urea groups is 1. The van der Waals surface area contributed by atoms with E-state index in [2.05, 4.69) is 21.0 Å². The van der Waals surface area contributed by atoms with E-state index in [0.29, 0.717) is 30.1 Å². The number of fused-ring (bicyclic) bond motifs is 1. The molecule has 1 atom stereocenters. The van der Waals surface area contributed by atoms with Crippen LogP contribution in [-0.4, -0.2) is 57.4 Å². The number of β-amino-alcohol motifs (C(OH)–C–C–N with tert-alkyl or cyclic N) is 1. The number of nitrogens with zero attached hydrogens (tertiary/aromatic N) is 4. The van der Waals surface area contributed by atoms with Gasteiger partial charge in [0, 0.05) is 31.3 Å². The lowest BCUT2D eigenvalue weighted by atomic mass is 10.2. The van der Waals surface area contributed by atoms with Crippen molar-refractivity contribution >= 4 is 35.3 Å². The lowest BCUT2D eigenvalue weighted by Gasteiger charge is -2.18. The minimum atomic E-state index is -0.542. The van der Waals surface area contributed by atoms with Crippen LogP contribution in [0, 0.1) is 5.92 Å². The van der Waals surface area contributed by atoms with Crippen LogP contribution < -0.4 is 20.9 Å². The number of aliphatic hydroxyl groups excluding tert-OH is 1. The molecule has 1 saturated carbocycles. The summed E-state index contributed by atoms with van der Waals surface area (Å²) in [6.45, 7) is 2.14. The van der Waals surface area contributed by atoms with Crippen LogP contribution in [-0.2, 0) is 4.79 Å². The van der Waals surface area contributed by atoms with Crippen LogP contribution in [0.2, 0.25) is 0 Å². The Bertz CT molecular complexity index is 994. The Hall–Kier alpha value is -3.14. The smallest absolute Gasteiger partial charge is 0.326 e. The molecule has 1 aliphatic carbocycles. The van der Waals surface area contributed by atoms with E-state index >= 15 is 0 Å². The normalized spacial score (nSPS) is 23.5. The van der Waals surface area contributed by atoms with Crippen LogP contribution in [0.25, 0.3) is 11.7 Å². The van der Waals surface area contributed by atoms with E-state index in [-0.39, 0.29) is 11.8 Å². The van der Waals surface area contributed by atoms with Gasteiger partial charge in [-0.15, -0.1) is 0 Å². The Morgan fingerprint density at radius 2 is 2.14 bits per heavy atom. The molecule has 28 heavy (non-hydrogen) atoms. The predicted octanol–water partition coefficient (Wildman–Crippen LogP) is 0.302. The van der Waals surface area contributed by atoms with E-state index in [1.165, 1.54) is 12.8 Å². The molecule has 0 spiro atoms. The zero-order valence-corrected chi connectivity index (χ0v) is 15.2. The van der Waals surface area contributed by atoms with Crippen molar-refractivity contribution in [1.82, 2.24) is 25.2 Å². The number of imide groups is 1. The zero-order chi connectivity index (χ0) is 19.3. The largest absolute Gasteiger partial charge is 0.391 e.